The predicted molar refractivity (Wildman–Crippen MR) is 84.0 cm³/mol. The summed E-state index contributed by atoms with van der Waals surface area (Å²) in [5.74, 6) is 0.723. The summed E-state index contributed by atoms with van der Waals surface area (Å²) in [7, 11) is 0. The Morgan fingerprint density at radius 3 is 2.58 bits per heavy atom. The van der Waals surface area contributed by atoms with Crippen molar-refractivity contribution in [3.05, 3.63) is 28.2 Å². The van der Waals surface area contributed by atoms with Crippen molar-refractivity contribution in [2.75, 3.05) is 6.61 Å². The molecule has 19 heavy (non-hydrogen) atoms. The third kappa shape index (κ3) is 5.64. The molecule has 0 fully saturated rings. The van der Waals surface area contributed by atoms with Gasteiger partial charge in [-0.3, -0.25) is 5.41 Å². The first-order chi connectivity index (χ1) is 9.16. The largest absolute Gasteiger partial charge is 0.493 e. The van der Waals surface area contributed by atoms with Crippen LogP contribution in [0.15, 0.2) is 22.7 Å². The maximum atomic E-state index is 7.58. The number of nitrogen functional groups attached to an aromatic ring is 1. The zero-order valence-electron chi connectivity index (χ0n) is 11.5. The Hall–Kier alpha value is -1.03. The lowest BCUT2D eigenvalue weighted by molar-refractivity contribution is 0.303. The van der Waals surface area contributed by atoms with E-state index in [4.69, 9.17) is 15.9 Å². The van der Waals surface area contributed by atoms with Gasteiger partial charge in [-0.05, 0) is 34.5 Å². The first kappa shape index (κ1) is 16.0. The lowest BCUT2D eigenvalue weighted by Gasteiger charge is -2.12. The molecule has 3 N–H and O–H groups in total. The lowest BCUT2D eigenvalue weighted by Crippen LogP contribution is -2.14. The second kappa shape index (κ2) is 8.97. The number of amidine groups is 1. The lowest BCUT2D eigenvalue weighted by atomic mass is 10.1. The first-order valence-corrected chi connectivity index (χ1v) is 7.71. The fourth-order valence-corrected chi connectivity index (χ4v) is 2.51. The summed E-state index contributed by atoms with van der Waals surface area (Å²) in [4.78, 5) is 0. The van der Waals surface area contributed by atoms with Crippen molar-refractivity contribution in [3.63, 3.8) is 0 Å². The number of nitrogens with two attached hydrogens (primary N) is 1. The highest BCUT2D eigenvalue weighted by atomic mass is 79.9. The van der Waals surface area contributed by atoms with E-state index in [0.29, 0.717) is 17.9 Å². The molecule has 0 aliphatic rings. The zero-order valence-corrected chi connectivity index (χ0v) is 13.1. The highest BCUT2D eigenvalue weighted by Gasteiger charge is 2.10. The van der Waals surface area contributed by atoms with Gasteiger partial charge < -0.3 is 10.5 Å². The van der Waals surface area contributed by atoms with E-state index in [1.54, 1.807) is 0 Å². The van der Waals surface area contributed by atoms with Gasteiger partial charge in [-0.1, -0.05) is 45.1 Å². The van der Waals surface area contributed by atoms with Crippen molar-refractivity contribution in [3.8, 4) is 5.75 Å². The summed E-state index contributed by atoms with van der Waals surface area (Å²) in [5, 5.41) is 7.58. The second-order valence-electron chi connectivity index (χ2n) is 4.64. The molecule has 0 aliphatic heterocycles. The third-order valence-corrected chi connectivity index (χ3v) is 3.66. The SMILES string of the molecule is CCCCCCCCOc1cccc(Br)c1C(=N)N. The Kier molecular flexibility index (Phi) is 7.56. The molecule has 0 spiro atoms. The average Bonchev–Trinajstić information content (AvgIpc) is 2.37. The smallest absolute Gasteiger partial charge is 0.131 e. The molecule has 0 radical (unpaired) electrons. The van der Waals surface area contributed by atoms with Gasteiger partial charge in [-0.2, -0.15) is 0 Å². The van der Waals surface area contributed by atoms with Gasteiger partial charge in [-0.25, -0.2) is 0 Å². The van der Waals surface area contributed by atoms with E-state index in [2.05, 4.69) is 22.9 Å². The van der Waals surface area contributed by atoms with Gasteiger partial charge in [0.15, 0.2) is 0 Å². The van der Waals surface area contributed by atoms with E-state index in [1.165, 1.54) is 32.1 Å². The molecule has 0 aliphatic carbocycles. The molecule has 3 nitrogen and oxygen atoms in total. The van der Waals surface area contributed by atoms with Gasteiger partial charge in [0.25, 0.3) is 0 Å². The normalized spacial score (nSPS) is 10.4. The van der Waals surface area contributed by atoms with Crippen LogP contribution in [-0.4, -0.2) is 12.4 Å². The summed E-state index contributed by atoms with van der Waals surface area (Å²) < 4.78 is 6.54. The minimum atomic E-state index is 0.0328. The standard InChI is InChI=1S/C15H23BrN2O/c1-2-3-4-5-6-7-11-19-13-10-8-9-12(16)14(13)15(17)18/h8-10H,2-7,11H2,1H3,(H3,17,18). The van der Waals surface area contributed by atoms with Crippen LogP contribution in [0.25, 0.3) is 0 Å². The number of benzene rings is 1. The van der Waals surface area contributed by atoms with Crippen molar-refractivity contribution >= 4 is 21.8 Å². The number of hydrogen-bond acceptors (Lipinski definition) is 2. The molecule has 0 saturated heterocycles. The molecule has 0 atom stereocenters. The topological polar surface area (TPSA) is 59.1 Å². The third-order valence-electron chi connectivity index (χ3n) is 3.00. The van der Waals surface area contributed by atoms with Crippen LogP contribution in [0.1, 0.15) is 51.0 Å². The molecule has 0 amide bonds. The number of unbranched alkanes of at least 4 members (excludes halogenated alkanes) is 5. The summed E-state index contributed by atoms with van der Waals surface area (Å²) in [6.45, 7) is 2.91. The van der Waals surface area contributed by atoms with E-state index in [9.17, 15) is 0 Å². The van der Waals surface area contributed by atoms with Crippen LogP contribution in [-0.2, 0) is 0 Å². The van der Waals surface area contributed by atoms with Gasteiger partial charge in [0.1, 0.15) is 11.6 Å². The highest BCUT2D eigenvalue weighted by molar-refractivity contribution is 9.10. The second-order valence-corrected chi connectivity index (χ2v) is 5.50. The minimum Gasteiger partial charge on any atom is -0.493 e. The van der Waals surface area contributed by atoms with Crippen molar-refractivity contribution in [1.29, 1.82) is 5.41 Å². The summed E-state index contributed by atoms with van der Waals surface area (Å²) in [6, 6.07) is 5.63. The van der Waals surface area contributed by atoms with Crippen LogP contribution in [0.2, 0.25) is 0 Å². The molecular formula is C15H23BrN2O. The molecule has 0 aromatic heterocycles. The van der Waals surface area contributed by atoms with Crippen molar-refractivity contribution in [2.24, 2.45) is 5.73 Å². The molecule has 0 heterocycles. The fourth-order valence-electron chi connectivity index (χ4n) is 1.95. The van der Waals surface area contributed by atoms with Crippen molar-refractivity contribution < 1.29 is 4.74 Å². The molecule has 4 heteroatoms. The average molecular weight is 327 g/mol. The van der Waals surface area contributed by atoms with Crippen LogP contribution < -0.4 is 10.5 Å². The van der Waals surface area contributed by atoms with Crippen LogP contribution in [0, 0.1) is 5.41 Å². The van der Waals surface area contributed by atoms with Gasteiger partial charge >= 0.3 is 0 Å². The number of ether oxygens (including phenoxy) is 1. The van der Waals surface area contributed by atoms with Crippen LogP contribution in [0.4, 0.5) is 0 Å². The zero-order chi connectivity index (χ0) is 14.1. The molecule has 0 bridgehead atoms. The van der Waals surface area contributed by atoms with E-state index < -0.39 is 0 Å². The van der Waals surface area contributed by atoms with Gasteiger partial charge in [0, 0.05) is 4.47 Å². The maximum Gasteiger partial charge on any atom is 0.131 e. The Morgan fingerprint density at radius 2 is 1.89 bits per heavy atom. The fraction of sp³-hybridized carbons (Fsp3) is 0.533. The maximum absolute atomic E-state index is 7.58. The molecule has 0 saturated carbocycles. The monoisotopic (exact) mass is 326 g/mol. The number of hydrogen-bond donors (Lipinski definition) is 2. The molecule has 1 aromatic rings. The van der Waals surface area contributed by atoms with Crippen molar-refractivity contribution in [2.45, 2.75) is 45.4 Å². The van der Waals surface area contributed by atoms with E-state index in [0.717, 1.165) is 10.9 Å². The molecular weight excluding hydrogens is 304 g/mol. The van der Waals surface area contributed by atoms with Crippen LogP contribution in [0.3, 0.4) is 0 Å². The number of rotatable bonds is 9. The minimum absolute atomic E-state index is 0.0328. The summed E-state index contributed by atoms with van der Waals surface area (Å²) in [6.07, 6.45) is 7.43. The molecule has 1 aromatic carbocycles. The quantitative estimate of drug-likeness (QED) is 0.399. The number of nitrogens with one attached hydrogen (secondary N) is 1. The van der Waals surface area contributed by atoms with Gasteiger partial charge in [-0.15, -0.1) is 0 Å². The Morgan fingerprint density at radius 1 is 1.21 bits per heavy atom. The summed E-state index contributed by atoms with van der Waals surface area (Å²) in [5.41, 5.74) is 6.22. The first-order valence-electron chi connectivity index (χ1n) is 6.92. The summed E-state index contributed by atoms with van der Waals surface area (Å²) >= 11 is 3.40. The molecule has 106 valence electrons. The Bertz CT molecular complexity index is 407. The van der Waals surface area contributed by atoms with E-state index in [1.807, 2.05) is 18.2 Å². The molecule has 1 rings (SSSR count). The van der Waals surface area contributed by atoms with Crippen LogP contribution in [0.5, 0.6) is 5.75 Å². The van der Waals surface area contributed by atoms with Gasteiger partial charge in [0.05, 0.1) is 12.2 Å². The van der Waals surface area contributed by atoms with E-state index in [-0.39, 0.29) is 5.84 Å². The Labute approximate surface area is 124 Å². The highest BCUT2D eigenvalue weighted by Crippen LogP contribution is 2.26. The predicted octanol–water partition coefficient (Wildman–Crippen LogP) is 4.47. The van der Waals surface area contributed by atoms with Crippen LogP contribution >= 0.6 is 15.9 Å². The van der Waals surface area contributed by atoms with Crippen molar-refractivity contribution in [1.82, 2.24) is 0 Å². The number of halogens is 1. The molecule has 0 unspecified atom stereocenters. The van der Waals surface area contributed by atoms with E-state index >= 15 is 0 Å². The Balaban J connectivity index is 2.37. The van der Waals surface area contributed by atoms with Gasteiger partial charge in [0.2, 0.25) is 0 Å².